The van der Waals surface area contributed by atoms with Crippen LogP contribution in [0.2, 0.25) is 0 Å². The Morgan fingerprint density at radius 1 is 0.674 bits per heavy atom. The van der Waals surface area contributed by atoms with Gasteiger partial charge in [0.2, 0.25) is 29.5 Å². The minimum absolute atomic E-state index is 0.00267. The maximum absolute atomic E-state index is 13.1. The van der Waals surface area contributed by atoms with Crippen LogP contribution in [0.1, 0.15) is 52.2 Å². The monoisotopic (exact) mass is 639 g/mol. The number of nitrogens with one attached hydrogen (secondary N) is 5. The molecule has 0 aromatic heterocycles. The molecule has 0 heterocycles. The van der Waals surface area contributed by atoms with E-state index in [2.05, 4.69) is 26.6 Å². The van der Waals surface area contributed by atoms with E-state index in [4.69, 9.17) is 0 Å². The van der Waals surface area contributed by atoms with Crippen molar-refractivity contribution in [3.05, 3.63) is 65.7 Å². The minimum Gasteiger partial charge on any atom is -0.508 e. The van der Waals surface area contributed by atoms with Crippen molar-refractivity contribution in [2.45, 2.75) is 72.0 Å². The van der Waals surface area contributed by atoms with Crippen LogP contribution in [0.25, 0.3) is 0 Å². The third-order valence-corrected chi connectivity index (χ3v) is 6.80. The second kappa shape index (κ2) is 17.5. The van der Waals surface area contributed by atoms with Crippen molar-refractivity contribution in [3.63, 3.8) is 0 Å². The van der Waals surface area contributed by atoms with Crippen LogP contribution < -0.4 is 26.6 Å². The van der Waals surface area contributed by atoms with Gasteiger partial charge in [-0.3, -0.25) is 24.0 Å². The number of phenols is 1. The molecule has 0 fully saturated rings. The molecular formula is C33H45N5O8. The van der Waals surface area contributed by atoms with E-state index in [-0.39, 0.29) is 36.8 Å². The van der Waals surface area contributed by atoms with E-state index in [1.54, 1.807) is 63.2 Å². The van der Waals surface area contributed by atoms with Gasteiger partial charge < -0.3 is 36.8 Å². The van der Waals surface area contributed by atoms with E-state index in [9.17, 15) is 39.0 Å². The highest BCUT2D eigenvalue weighted by atomic mass is 16.4. The zero-order valence-corrected chi connectivity index (χ0v) is 26.9. The second-order valence-electron chi connectivity index (χ2n) is 12.5. The number of rotatable bonds is 16. The molecule has 0 unspecified atom stereocenters. The predicted octanol–water partition coefficient (Wildman–Crippen LogP) is 1.04. The van der Waals surface area contributed by atoms with E-state index in [0.717, 1.165) is 5.56 Å². The molecule has 0 aliphatic rings. The van der Waals surface area contributed by atoms with Crippen LogP contribution in [-0.4, -0.2) is 76.9 Å². The number of carbonyl (C=O) groups is 6. The average Bonchev–Trinajstić information content (AvgIpc) is 2.98. The summed E-state index contributed by atoms with van der Waals surface area (Å²) in [5.41, 5.74) is 0.614. The number of carbonyl (C=O) groups excluding carboxylic acids is 5. The van der Waals surface area contributed by atoms with Crippen LogP contribution in [0.3, 0.4) is 0 Å². The van der Waals surface area contributed by atoms with E-state index in [1.165, 1.54) is 12.1 Å². The molecule has 46 heavy (non-hydrogen) atoms. The van der Waals surface area contributed by atoms with Gasteiger partial charge in [-0.2, -0.15) is 0 Å². The Morgan fingerprint density at radius 2 is 1.22 bits per heavy atom. The quantitative estimate of drug-likeness (QED) is 0.141. The average molecular weight is 640 g/mol. The predicted molar refractivity (Wildman–Crippen MR) is 170 cm³/mol. The first-order valence-corrected chi connectivity index (χ1v) is 15.0. The molecule has 3 atom stereocenters. The molecule has 0 bridgehead atoms. The Bertz CT molecular complexity index is 1360. The van der Waals surface area contributed by atoms with Gasteiger partial charge in [-0.05, 0) is 35.6 Å². The molecule has 13 nitrogen and oxygen atoms in total. The van der Waals surface area contributed by atoms with Gasteiger partial charge in [-0.15, -0.1) is 0 Å². The van der Waals surface area contributed by atoms with Gasteiger partial charge in [0.1, 0.15) is 23.9 Å². The maximum Gasteiger partial charge on any atom is 0.326 e. The molecule has 13 heteroatoms. The first-order chi connectivity index (χ1) is 21.5. The third-order valence-electron chi connectivity index (χ3n) is 6.80. The van der Waals surface area contributed by atoms with Gasteiger partial charge >= 0.3 is 5.97 Å². The number of amides is 5. The fourth-order valence-electron chi connectivity index (χ4n) is 4.25. The fourth-order valence-corrected chi connectivity index (χ4v) is 4.25. The summed E-state index contributed by atoms with van der Waals surface area (Å²) >= 11 is 0. The van der Waals surface area contributed by atoms with Crippen molar-refractivity contribution in [2.24, 2.45) is 11.3 Å². The normalized spacial score (nSPS) is 13.1. The molecule has 0 aliphatic heterocycles. The molecule has 2 rings (SSSR count). The lowest BCUT2D eigenvalue weighted by Gasteiger charge is -2.24. The Labute approximate surface area is 268 Å². The first-order valence-electron chi connectivity index (χ1n) is 15.0. The summed E-state index contributed by atoms with van der Waals surface area (Å²) in [6.45, 7) is 7.73. The zero-order chi connectivity index (χ0) is 34.4. The van der Waals surface area contributed by atoms with E-state index in [0.29, 0.717) is 5.56 Å². The minimum atomic E-state index is -1.19. The summed E-state index contributed by atoms with van der Waals surface area (Å²) < 4.78 is 0. The van der Waals surface area contributed by atoms with Crippen LogP contribution in [0.15, 0.2) is 54.6 Å². The number of aromatic hydroxyl groups is 1. The van der Waals surface area contributed by atoms with E-state index in [1.807, 2.05) is 13.8 Å². The van der Waals surface area contributed by atoms with Gasteiger partial charge in [-0.25, -0.2) is 4.79 Å². The molecule has 0 saturated heterocycles. The standard InChI is InChI=1S/C33H45N5O8/c1-20(2)15-26(31(44)45)37-30(43)25(16-21-9-7-6-8-10-21)36-28(41)19-34-27(40)18-35-29(42)24(38-32(46)33(3,4)5)17-22-11-13-23(39)14-12-22/h6-14,20,24-26,39H,15-19H2,1-5H3,(H,34,40)(H,35,42)(H,36,41)(H,37,43)(H,38,46)(H,44,45)/t24-,25-,26-/m0/s1. The van der Waals surface area contributed by atoms with Crippen molar-refractivity contribution in [2.75, 3.05) is 13.1 Å². The Hall–Kier alpha value is -4.94. The Kier molecular flexibility index (Phi) is 14.2. The molecule has 2 aromatic rings. The lowest BCUT2D eigenvalue weighted by Crippen LogP contribution is -2.54. The smallest absolute Gasteiger partial charge is 0.326 e. The largest absolute Gasteiger partial charge is 0.508 e. The number of hydrogen-bond donors (Lipinski definition) is 7. The number of aliphatic carboxylic acids is 1. The van der Waals surface area contributed by atoms with Crippen molar-refractivity contribution in [1.29, 1.82) is 0 Å². The fraction of sp³-hybridized carbons (Fsp3) is 0.455. The van der Waals surface area contributed by atoms with Gasteiger partial charge in [0.25, 0.3) is 0 Å². The van der Waals surface area contributed by atoms with Crippen molar-refractivity contribution in [3.8, 4) is 5.75 Å². The summed E-state index contributed by atoms with van der Waals surface area (Å²) in [4.78, 5) is 75.7. The highest BCUT2D eigenvalue weighted by Crippen LogP contribution is 2.15. The van der Waals surface area contributed by atoms with Crippen LogP contribution >= 0.6 is 0 Å². The molecule has 2 aromatic carbocycles. The zero-order valence-electron chi connectivity index (χ0n) is 26.9. The van der Waals surface area contributed by atoms with Gasteiger partial charge in [0.05, 0.1) is 13.1 Å². The van der Waals surface area contributed by atoms with Crippen LogP contribution in [0.4, 0.5) is 0 Å². The summed E-state index contributed by atoms with van der Waals surface area (Å²) in [6.07, 6.45) is 0.381. The number of phenolic OH excluding ortho intramolecular Hbond substituents is 1. The van der Waals surface area contributed by atoms with Crippen molar-refractivity contribution < 1.29 is 39.0 Å². The van der Waals surface area contributed by atoms with E-state index < -0.39 is 66.2 Å². The lowest BCUT2D eigenvalue weighted by atomic mass is 9.94. The van der Waals surface area contributed by atoms with Gasteiger partial charge in [0.15, 0.2) is 0 Å². The van der Waals surface area contributed by atoms with Crippen LogP contribution in [-0.2, 0) is 41.6 Å². The number of carboxylic acid groups (broad SMARTS) is 1. The summed E-state index contributed by atoms with van der Waals surface area (Å²) in [6, 6.07) is 11.7. The second-order valence-corrected chi connectivity index (χ2v) is 12.5. The van der Waals surface area contributed by atoms with E-state index >= 15 is 0 Å². The van der Waals surface area contributed by atoms with Gasteiger partial charge in [-0.1, -0.05) is 77.1 Å². The molecule has 5 amide bonds. The first kappa shape index (κ1) is 37.2. The number of benzene rings is 2. The van der Waals surface area contributed by atoms with Crippen LogP contribution in [0.5, 0.6) is 5.75 Å². The SMILES string of the molecule is CC(C)C[C@H](NC(=O)[C@H](Cc1ccccc1)NC(=O)CNC(=O)CNC(=O)[C@H](Cc1ccc(O)cc1)NC(=O)C(C)(C)C)C(=O)O. The number of carboxylic acids is 1. The number of hydrogen-bond acceptors (Lipinski definition) is 7. The van der Waals surface area contributed by atoms with Crippen molar-refractivity contribution >= 4 is 35.5 Å². The summed E-state index contributed by atoms with van der Waals surface area (Å²) in [5, 5.41) is 31.7. The van der Waals surface area contributed by atoms with Gasteiger partial charge in [0, 0.05) is 18.3 Å². The highest BCUT2D eigenvalue weighted by Gasteiger charge is 2.29. The summed E-state index contributed by atoms with van der Waals surface area (Å²) in [5.74, 6) is -4.22. The highest BCUT2D eigenvalue weighted by molar-refractivity contribution is 5.94. The Morgan fingerprint density at radius 3 is 1.76 bits per heavy atom. The van der Waals surface area contributed by atoms with Crippen LogP contribution in [0, 0.1) is 11.3 Å². The molecule has 0 aliphatic carbocycles. The molecular weight excluding hydrogens is 594 g/mol. The maximum atomic E-state index is 13.1. The molecule has 250 valence electrons. The molecule has 7 N–H and O–H groups in total. The molecule has 0 radical (unpaired) electrons. The third kappa shape index (κ3) is 13.4. The topological polar surface area (TPSA) is 203 Å². The molecule has 0 spiro atoms. The summed E-state index contributed by atoms with van der Waals surface area (Å²) in [7, 11) is 0. The molecule has 0 saturated carbocycles. The lowest BCUT2D eigenvalue weighted by molar-refractivity contribution is -0.142. The Balaban J connectivity index is 2.00. The van der Waals surface area contributed by atoms with Crippen molar-refractivity contribution in [1.82, 2.24) is 26.6 Å².